The average Bonchev–Trinajstić information content (AvgIpc) is 2.91. The number of ether oxygens (including phenoxy) is 1. The van der Waals surface area contributed by atoms with E-state index in [0.29, 0.717) is 0 Å². The molecule has 114 valence electrons. The molecule has 1 aliphatic heterocycles. The molecule has 2 aromatic heterocycles. The highest BCUT2D eigenvalue weighted by Gasteiger charge is 2.57. The van der Waals surface area contributed by atoms with Gasteiger partial charge in [0.05, 0.1) is 12.9 Å². The Morgan fingerprint density at radius 3 is 2.86 bits per heavy atom. The number of hydrogen-bond acceptors (Lipinski definition) is 7. The standard InChI is InChI=1S/C10H10Cl2FN5O3/c11-6-4-7(17-9(14)16-6)18(2-15-4)8-10(12,13)5(20)3(1-19)21-8/h2-3,5,8,19-20H,1H2,(H2,14,16,17). The summed E-state index contributed by atoms with van der Waals surface area (Å²) in [5, 5.41) is 16.2. The molecule has 3 rings (SSSR count). The third-order valence-electron chi connectivity index (χ3n) is 3.21. The van der Waals surface area contributed by atoms with Gasteiger partial charge in [-0.3, -0.25) is 4.57 Å². The fourth-order valence-electron chi connectivity index (χ4n) is 2.19. The number of aliphatic hydroxyl groups is 2. The highest BCUT2D eigenvalue weighted by atomic mass is 35.5. The summed E-state index contributed by atoms with van der Waals surface area (Å²) in [5.74, 6) is -0.134. The van der Waals surface area contributed by atoms with E-state index in [0.717, 1.165) is 4.57 Å². The van der Waals surface area contributed by atoms with E-state index in [4.69, 9.17) is 38.8 Å². The van der Waals surface area contributed by atoms with Gasteiger partial charge in [0, 0.05) is 0 Å². The Balaban J connectivity index is 2.13. The lowest BCUT2D eigenvalue weighted by molar-refractivity contribution is -0.0482. The molecule has 2 aromatic rings. The van der Waals surface area contributed by atoms with Crippen molar-refractivity contribution in [2.45, 2.75) is 23.6 Å². The molecule has 4 N–H and O–H groups in total. The highest BCUT2D eigenvalue weighted by molar-refractivity contribution is 6.33. The van der Waals surface area contributed by atoms with Crippen molar-refractivity contribution in [3.05, 3.63) is 11.5 Å². The lowest BCUT2D eigenvalue weighted by Gasteiger charge is -2.22. The van der Waals surface area contributed by atoms with Crippen molar-refractivity contribution in [3.8, 4) is 0 Å². The van der Waals surface area contributed by atoms with Crippen molar-refractivity contribution < 1.29 is 19.3 Å². The van der Waals surface area contributed by atoms with Gasteiger partial charge in [-0.1, -0.05) is 23.2 Å². The molecule has 0 aromatic carbocycles. The van der Waals surface area contributed by atoms with Gasteiger partial charge in [-0.05, 0) is 0 Å². The van der Waals surface area contributed by atoms with Gasteiger partial charge >= 0.3 is 0 Å². The van der Waals surface area contributed by atoms with Gasteiger partial charge < -0.3 is 20.7 Å². The van der Waals surface area contributed by atoms with Gasteiger partial charge in [0.15, 0.2) is 17.0 Å². The van der Waals surface area contributed by atoms with E-state index in [9.17, 15) is 9.50 Å². The van der Waals surface area contributed by atoms with Crippen molar-refractivity contribution in [3.63, 3.8) is 0 Å². The molecule has 0 radical (unpaired) electrons. The Morgan fingerprint density at radius 1 is 1.52 bits per heavy atom. The van der Waals surface area contributed by atoms with Gasteiger partial charge in [-0.25, -0.2) is 9.37 Å². The van der Waals surface area contributed by atoms with Crippen LogP contribution < -0.4 is 5.73 Å². The quantitative estimate of drug-likeness (QED) is 0.529. The monoisotopic (exact) mass is 337 g/mol. The van der Waals surface area contributed by atoms with E-state index >= 15 is 0 Å². The normalized spacial score (nSPS) is 32.9. The molecule has 1 aliphatic rings. The van der Waals surface area contributed by atoms with E-state index in [1.165, 1.54) is 6.33 Å². The number of hydrogen-bond donors (Lipinski definition) is 3. The maximum atomic E-state index is 14.5. The zero-order valence-corrected chi connectivity index (χ0v) is 11.8. The van der Waals surface area contributed by atoms with Crippen LogP contribution in [0.15, 0.2) is 6.33 Å². The Kier molecular flexibility index (Phi) is 3.41. The third kappa shape index (κ3) is 2.12. The Bertz CT molecular complexity index is 697. The van der Waals surface area contributed by atoms with E-state index in [1.54, 1.807) is 0 Å². The molecule has 0 aliphatic carbocycles. The van der Waals surface area contributed by atoms with E-state index in [1.807, 2.05) is 0 Å². The molecule has 1 saturated heterocycles. The molecule has 1 fully saturated rings. The zero-order valence-electron chi connectivity index (χ0n) is 10.3. The summed E-state index contributed by atoms with van der Waals surface area (Å²) in [4.78, 5) is 11.6. The molecule has 4 atom stereocenters. The first-order valence-electron chi connectivity index (χ1n) is 5.84. The molecule has 11 heteroatoms. The summed E-state index contributed by atoms with van der Waals surface area (Å²) in [7, 11) is 0. The second-order valence-electron chi connectivity index (χ2n) is 4.53. The number of halogens is 3. The number of imidazole rings is 1. The van der Waals surface area contributed by atoms with Gasteiger partial charge in [0.2, 0.25) is 5.95 Å². The number of aliphatic hydroxyl groups excluding tert-OH is 2. The van der Waals surface area contributed by atoms with Gasteiger partial charge in [0.1, 0.15) is 17.7 Å². The van der Waals surface area contributed by atoms with Gasteiger partial charge in [-0.15, -0.1) is 0 Å². The van der Waals surface area contributed by atoms with Crippen LogP contribution >= 0.6 is 23.2 Å². The second kappa shape index (κ2) is 4.89. The number of anilines is 1. The SMILES string of the molecule is Nc1nc(Cl)c2ncn(C3OC(CO)C(O)C3(F)Cl)c2n1. The van der Waals surface area contributed by atoms with Crippen LogP contribution in [-0.4, -0.2) is 53.7 Å². The van der Waals surface area contributed by atoms with Crippen LogP contribution in [0, 0.1) is 0 Å². The smallest absolute Gasteiger partial charge is 0.256 e. The second-order valence-corrected chi connectivity index (χ2v) is 5.46. The maximum absolute atomic E-state index is 14.5. The van der Waals surface area contributed by atoms with Crippen molar-refractivity contribution in [1.29, 1.82) is 0 Å². The lowest BCUT2D eigenvalue weighted by Crippen LogP contribution is -2.38. The number of rotatable bonds is 2. The fraction of sp³-hybridized carbons (Fsp3) is 0.500. The number of nitrogen functional groups attached to an aromatic ring is 1. The Labute approximate surface area is 127 Å². The summed E-state index contributed by atoms with van der Waals surface area (Å²) in [6.45, 7) is -0.597. The first-order chi connectivity index (χ1) is 9.86. The van der Waals surface area contributed by atoms with E-state index < -0.39 is 30.2 Å². The molecule has 0 saturated carbocycles. The molecular weight excluding hydrogens is 328 g/mol. The molecule has 0 spiro atoms. The number of aromatic nitrogens is 4. The summed E-state index contributed by atoms with van der Waals surface area (Å²) < 4.78 is 20.9. The predicted octanol–water partition coefficient (Wildman–Crippen LogP) is 0.217. The largest absolute Gasteiger partial charge is 0.394 e. The lowest BCUT2D eigenvalue weighted by atomic mass is 10.1. The van der Waals surface area contributed by atoms with Crippen LogP contribution in [0.25, 0.3) is 11.2 Å². The van der Waals surface area contributed by atoms with Crippen LogP contribution in [0.4, 0.5) is 10.3 Å². The summed E-state index contributed by atoms with van der Waals surface area (Å²) in [6.07, 6.45) is -3.16. The zero-order chi connectivity index (χ0) is 15.4. The number of nitrogens with zero attached hydrogens (tertiary/aromatic N) is 4. The van der Waals surface area contributed by atoms with E-state index in [2.05, 4.69) is 15.0 Å². The summed E-state index contributed by atoms with van der Waals surface area (Å²) in [6, 6.07) is 0. The van der Waals surface area contributed by atoms with Crippen molar-refractivity contribution in [1.82, 2.24) is 19.5 Å². The Hall–Kier alpha value is -1.26. The van der Waals surface area contributed by atoms with Crippen molar-refractivity contribution in [2.24, 2.45) is 0 Å². The molecule has 21 heavy (non-hydrogen) atoms. The van der Waals surface area contributed by atoms with E-state index in [-0.39, 0.29) is 22.3 Å². The minimum atomic E-state index is -2.67. The topological polar surface area (TPSA) is 119 Å². The van der Waals surface area contributed by atoms with Crippen LogP contribution in [0.2, 0.25) is 5.15 Å². The predicted molar refractivity (Wildman–Crippen MR) is 71.4 cm³/mol. The molecule has 8 nitrogen and oxygen atoms in total. The summed E-state index contributed by atoms with van der Waals surface area (Å²) in [5.41, 5.74) is 5.78. The molecule has 0 amide bonds. The highest BCUT2D eigenvalue weighted by Crippen LogP contribution is 2.45. The first-order valence-corrected chi connectivity index (χ1v) is 6.59. The number of alkyl halides is 2. The number of nitrogens with two attached hydrogens (primary N) is 1. The van der Waals surface area contributed by atoms with Crippen LogP contribution in [0.1, 0.15) is 6.23 Å². The molecular formula is C10H10Cl2FN5O3. The van der Waals surface area contributed by atoms with Crippen LogP contribution in [0.5, 0.6) is 0 Å². The Morgan fingerprint density at radius 2 is 2.24 bits per heavy atom. The molecule has 3 heterocycles. The molecule has 0 bridgehead atoms. The maximum Gasteiger partial charge on any atom is 0.256 e. The van der Waals surface area contributed by atoms with Gasteiger partial charge in [-0.2, -0.15) is 9.97 Å². The minimum absolute atomic E-state index is 0.00691. The van der Waals surface area contributed by atoms with Crippen LogP contribution in [-0.2, 0) is 4.74 Å². The van der Waals surface area contributed by atoms with Crippen molar-refractivity contribution >= 4 is 40.3 Å². The number of fused-ring (bicyclic) bond motifs is 1. The van der Waals surface area contributed by atoms with Crippen LogP contribution in [0.3, 0.4) is 0 Å². The summed E-state index contributed by atoms with van der Waals surface area (Å²) >= 11 is 11.6. The average molecular weight is 338 g/mol. The fourth-order valence-corrected chi connectivity index (χ4v) is 2.71. The molecule has 4 unspecified atom stereocenters. The van der Waals surface area contributed by atoms with Gasteiger partial charge in [0.25, 0.3) is 5.13 Å². The first kappa shape index (κ1) is 14.7. The third-order valence-corrected chi connectivity index (χ3v) is 3.88. The minimum Gasteiger partial charge on any atom is -0.394 e. The van der Waals surface area contributed by atoms with Crippen molar-refractivity contribution in [2.75, 3.05) is 12.3 Å².